The summed E-state index contributed by atoms with van der Waals surface area (Å²) in [4.78, 5) is 23.3. The van der Waals surface area contributed by atoms with Crippen molar-refractivity contribution in [3.05, 3.63) is 58.4 Å². The maximum atomic E-state index is 13.2. The van der Waals surface area contributed by atoms with E-state index >= 15 is 0 Å². The molecular formula is C18H18F2N2O3. The third kappa shape index (κ3) is 4.37. The van der Waals surface area contributed by atoms with Gasteiger partial charge in [0.05, 0.1) is 25.8 Å². The highest BCUT2D eigenvalue weighted by atomic mass is 19.2. The van der Waals surface area contributed by atoms with Crippen LogP contribution in [0.15, 0.2) is 24.3 Å². The quantitative estimate of drug-likeness (QED) is 0.457. The maximum absolute atomic E-state index is 13.2. The lowest BCUT2D eigenvalue weighted by atomic mass is 10.1. The molecule has 0 bridgehead atoms. The van der Waals surface area contributed by atoms with Gasteiger partial charge in [-0.1, -0.05) is 0 Å². The zero-order valence-electron chi connectivity index (χ0n) is 14.2. The van der Waals surface area contributed by atoms with E-state index < -0.39 is 17.4 Å². The van der Waals surface area contributed by atoms with Crippen molar-refractivity contribution < 1.29 is 23.1 Å². The summed E-state index contributed by atoms with van der Waals surface area (Å²) in [6.45, 7) is 3.96. The summed E-state index contributed by atoms with van der Waals surface area (Å²) in [5, 5.41) is 4.33. The molecule has 0 saturated carbocycles. The van der Waals surface area contributed by atoms with E-state index in [9.17, 15) is 18.4 Å². The van der Waals surface area contributed by atoms with Gasteiger partial charge >= 0.3 is 5.97 Å². The van der Waals surface area contributed by atoms with Crippen LogP contribution in [0.4, 0.5) is 8.78 Å². The fraction of sp³-hybridized carbons (Fsp3) is 0.278. The molecule has 0 unspecified atom stereocenters. The molecule has 0 fully saturated rings. The number of aromatic nitrogens is 2. The molecule has 0 aliphatic heterocycles. The van der Waals surface area contributed by atoms with Crippen LogP contribution in [0.5, 0.6) is 0 Å². The minimum atomic E-state index is -1.07. The molecule has 0 radical (unpaired) electrons. The van der Waals surface area contributed by atoms with Gasteiger partial charge in [-0.3, -0.25) is 14.3 Å². The summed E-state index contributed by atoms with van der Waals surface area (Å²) >= 11 is 0. The van der Waals surface area contributed by atoms with Crippen LogP contribution in [-0.2, 0) is 16.1 Å². The van der Waals surface area contributed by atoms with Crippen LogP contribution in [0.1, 0.15) is 33.7 Å². The lowest BCUT2D eigenvalue weighted by Gasteiger charge is -2.03. The molecule has 5 nitrogen and oxygen atoms in total. The summed E-state index contributed by atoms with van der Waals surface area (Å²) < 4.78 is 32.4. The number of nitrogens with zero attached hydrogens (tertiary/aromatic N) is 2. The van der Waals surface area contributed by atoms with Crippen LogP contribution in [0.2, 0.25) is 0 Å². The number of hydrogen-bond acceptors (Lipinski definition) is 4. The number of ketones is 1. The number of benzene rings is 1. The summed E-state index contributed by atoms with van der Waals surface area (Å²) in [5.41, 5.74) is 2.27. The first-order valence-electron chi connectivity index (χ1n) is 7.61. The monoisotopic (exact) mass is 348 g/mol. The van der Waals surface area contributed by atoms with Crippen molar-refractivity contribution in [1.29, 1.82) is 0 Å². The van der Waals surface area contributed by atoms with Crippen molar-refractivity contribution in [2.24, 2.45) is 0 Å². The maximum Gasteiger partial charge on any atom is 0.307 e. The molecule has 0 saturated heterocycles. The van der Waals surface area contributed by atoms with E-state index in [1.165, 1.54) is 19.3 Å². The Kier molecular flexibility index (Phi) is 5.80. The number of aryl methyl sites for hydroxylation is 2. The van der Waals surface area contributed by atoms with Gasteiger partial charge in [0, 0.05) is 16.8 Å². The SMILES string of the molecule is COC(=O)CCn1nc(C)c(/C=C/C(=O)c2ccc(F)c(F)c2)c1C. The molecule has 132 valence electrons. The van der Waals surface area contributed by atoms with Crippen molar-refractivity contribution in [3.8, 4) is 0 Å². The first-order valence-corrected chi connectivity index (χ1v) is 7.61. The standard InChI is InChI=1S/C18H18F2N2O3/c1-11-14(12(2)22(21-11)9-8-18(24)25-3)5-7-17(23)13-4-6-15(19)16(20)10-13/h4-7,10H,8-9H2,1-3H3/b7-5+. The topological polar surface area (TPSA) is 61.2 Å². The van der Waals surface area contributed by atoms with Gasteiger partial charge in [-0.15, -0.1) is 0 Å². The molecule has 1 aromatic carbocycles. The van der Waals surface area contributed by atoms with Gasteiger partial charge in [-0.25, -0.2) is 8.78 Å². The summed E-state index contributed by atoms with van der Waals surface area (Å²) in [6, 6.07) is 3.00. The summed E-state index contributed by atoms with van der Waals surface area (Å²) in [5.74, 6) is -2.85. The molecule has 7 heteroatoms. The number of halogens is 2. The Morgan fingerprint density at radius 2 is 1.96 bits per heavy atom. The second-order valence-electron chi connectivity index (χ2n) is 5.46. The molecule has 0 amide bonds. The Bertz CT molecular complexity index is 841. The van der Waals surface area contributed by atoms with Crippen LogP contribution in [-0.4, -0.2) is 28.6 Å². The first-order chi connectivity index (χ1) is 11.8. The van der Waals surface area contributed by atoms with Crippen molar-refractivity contribution in [3.63, 3.8) is 0 Å². The number of allylic oxidation sites excluding steroid dienone is 1. The van der Waals surface area contributed by atoms with Crippen LogP contribution >= 0.6 is 0 Å². The molecule has 1 aromatic heterocycles. The number of rotatable bonds is 6. The molecule has 2 rings (SSSR count). The van der Waals surface area contributed by atoms with E-state index in [2.05, 4.69) is 9.84 Å². The molecule has 0 aliphatic rings. The molecule has 0 aliphatic carbocycles. The minimum Gasteiger partial charge on any atom is -0.469 e. The predicted molar refractivity (Wildman–Crippen MR) is 88.1 cm³/mol. The second-order valence-corrected chi connectivity index (χ2v) is 5.46. The average Bonchev–Trinajstić information content (AvgIpc) is 2.86. The summed E-state index contributed by atoms with van der Waals surface area (Å²) in [6.07, 6.45) is 3.06. The second kappa shape index (κ2) is 7.83. The lowest BCUT2D eigenvalue weighted by Crippen LogP contribution is -2.09. The van der Waals surface area contributed by atoms with Crippen LogP contribution in [0.3, 0.4) is 0 Å². The fourth-order valence-electron chi connectivity index (χ4n) is 2.37. The van der Waals surface area contributed by atoms with Crippen molar-refractivity contribution in [2.45, 2.75) is 26.8 Å². The number of ether oxygens (including phenoxy) is 1. The molecule has 2 aromatic rings. The Hall–Kier alpha value is -2.83. The van der Waals surface area contributed by atoms with Gasteiger partial charge in [0.1, 0.15) is 0 Å². The van der Waals surface area contributed by atoms with Gasteiger partial charge in [0.15, 0.2) is 17.4 Å². The number of carbonyl (C=O) groups excluding carboxylic acids is 2. The third-order valence-corrected chi connectivity index (χ3v) is 3.80. The first kappa shape index (κ1) is 18.5. The van der Waals surface area contributed by atoms with Crippen LogP contribution < -0.4 is 0 Å². The van der Waals surface area contributed by atoms with Crippen molar-refractivity contribution >= 4 is 17.8 Å². The molecule has 25 heavy (non-hydrogen) atoms. The number of esters is 1. The van der Waals surface area contributed by atoms with E-state index in [0.29, 0.717) is 12.2 Å². The van der Waals surface area contributed by atoms with Crippen molar-refractivity contribution in [1.82, 2.24) is 9.78 Å². The minimum absolute atomic E-state index is 0.0588. The predicted octanol–water partition coefficient (Wildman–Crippen LogP) is 3.24. The Morgan fingerprint density at radius 3 is 2.60 bits per heavy atom. The van der Waals surface area contributed by atoms with Gasteiger partial charge < -0.3 is 4.74 Å². The molecule has 1 heterocycles. The average molecular weight is 348 g/mol. The largest absolute Gasteiger partial charge is 0.469 e. The summed E-state index contributed by atoms with van der Waals surface area (Å²) in [7, 11) is 1.32. The molecule has 0 spiro atoms. The highest BCUT2D eigenvalue weighted by Gasteiger charge is 2.12. The third-order valence-electron chi connectivity index (χ3n) is 3.80. The van der Waals surface area contributed by atoms with E-state index in [1.54, 1.807) is 17.7 Å². The van der Waals surface area contributed by atoms with Gasteiger partial charge in [0.25, 0.3) is 0 Å². The van der Waals surface area contributed by atoms with E-state index in [1.807, 2.05) is 6.92 Å². The zero-order valence-corrected chi connectivity index (χ0v) is 14.2. The highest BCUT2D eigenvalue weighted by molar-refractivity contribution is 6.06. The van der Waals surface area contributed by atoms with E-state index in [0.717, 1.165) is 23.4 Å². The van der Waals surface area contributed by atoms with E-state index in [4.69, 9.17) is 0 Å². The van der Waals surface area contributed by atoms with Gasteiger partial charge in [-0.05, 0) is 44.2 Å². The van der Waals surface area contributed by atoms with Crippen LogP contribution in [0.25, 0.3) is 6.08 Å². The Morgan fingerprint density at radius 1 is 1.24 bits per heavy atom. The van der Waals surface area contributed by atoms with E-state index in [-0.39, 0.29) is 18.0 Å². The zero-order chi connectivity index (χ0) is 18.6. The Labute approximate surface area is 143 Å². The smallest absolute Gasteiger partial charge is 0.307 e. The number of hydrogen-bond donors (Lipinski definition) is 0. The fourth-order valence-corrected chi connectivity index (χ4v) is 2.37. The number of methoxy groups -OCH3 is 1. The number of carbonyl (C=O) groups is 2. The molecule has 0 N–H and O–H groups in total. The molecule has 0 atom stereocenters. The van der Waals surface area contributed by atoms with Gasteiger partial charge in [0.2, 0.25) is 0 Å². The highest BCUT2D eigenvalue weighted by Crippen LogP contribution is 2.17. The van der Waals surface area contributed by atoms with Crippen molar-refractivity contribution in [2.75, 3.05) is 7.11 Å². The normalized spacial score (nSPS) is 11.1. The van der Waals surface area contributed by atoms with Crippen LogP contribution in [0, 0.1) is 25.5 Å². The molecular weight excluding hydrogens is 330 g/mol. The lowest BCUT2D eigenvalue weighted by molar-refractivity contribution is -0.140. The van der Waals surface area contributed by atoms with Gasteiger partial charge in [-0.2, -0.15) is 5.10 Å². The Balaban J connectivity index is 2.17.